The normalized spacial score (nSPS) is 21.4. The molecule has 20 heavy (non-hydrogen) atoms. The molecular weight excluding hydrogens is 254 g/mol. The fourth-order valence-electron chi connectivity index (χ4n) is 2.84. The Labute approximate surface area is 120 Å². The van der Waals surface area contributed by atoms with Crippen LogP contribution in [0.2, 0.25) is 0 Å². The molecule has 0 amide bonds. The van der Waals surface area contributed by atoms with Crippen molar-refractivity contribution in [3.05, 3.63) is 23.8 Å². The zero-order valence-corrected chi connectivity index (χ0v) is 12.1. The van der Waals surface area contributed by atoms with Crippen molar-refractivity contribution in [2.24, 2.45) is 0 Å². The van der Waals surface area contributed by atoms with E-state index in [9.17, 15) is 0 Å². The van der Waals surface area contributed by atoms with Crippen LogP contribution in [0.5, 0.6) is 11.5 Å². The first kappa shape index (κ1) is 13.7. The molecule has 4 nitrogen and oxygen atoms in total. The Kier molecular flexibility index (Phi) is 4.43. The van der Waals surface area contributed by atoms with Gasteiger partial charge in [0.1, 0.15) is 0 Å². The molecule has 2 aliphatic heterocycles. The molecule has 0 bridgehead atoms. The van der Waals surface area contributed by atoms with E-state index in [0.717, 1.165) is 37.7 Å². The van der Waals surface area contributed by atoms with Crippen molar-refractivity contribution in [1.29, 1.82) is 0 Å². The smallest absolute Gasteiger partial charge is 0.231 e. The highest BCUT2D eigenvalue weighted by atomic mass is 16.7. The lowest BCUT2D eigenvalue weighted by Crippen LogP contribution is -2.35. The standard InChI is InChI=1S/C16H23NO3/c1-2-17(11-14-5-3-4-8-18-14)10-13-6-7-15-16(9-13)20-12-19-15/h6-7,9,14H,2-5,8,10-12H2,1H3. The highest BCUT2D eigenvalue weighted by Crippen LogP contribution is 2.32. The quantitative estimate of drug-likeness (QED) is 0.828. The van der Waals surface area contributed by atoms with Gasteiger partial charge in [-0.05, 0) is 43.5 Å². The van der Waals surface area contributed by atoms with E-state index in [-0.39, 0.29) is 0 Å². The van der Waals surface area contributed by atoms with Crippen molar-refractivity contribution in [2.75, 3.05) is 26.5 Å². The van der Waals surface area contributed by atoms with Crippen molar-refractivity contribution in [2.45, 2.75) is 38.8 Å². The van der Waals surface area contributed by atoms with E-state index in [4.69, 9.17) is 14.2 Å². The second-order valence-corrected chi connectivity index (χ2v) is 5.50. The van der Waals surface area contributed by atoms with Gasteiger partial charge in [0.15, 0.2) is 11.5 Å². The lowest BCUT2D eigenvalue weighted by atomic mass is 10.1. The second kappa shape index (κ2) is 6.46. The molecule has 0 saturated carbocycles. The van der Waals surface area contributed by atoms with E-state index < -0.39 is 0 Å². The van der Waals surface area contributed by atoms with Gasteiger partial charge in [-0.3, -0.25) is 4.90 Å². The molecule has 0 radical (unpaired) electrons. The summed E-state index contributed by atoms with van der Waals surface area (Å²) in [6.07, 6.45) is 4.10. The topological polar surface area (TPSA) is 30.9 Å². The van der Waals surface area contributed by atoms with Gasteiger partial charge < -0.3 is 14.2 Å². The number of fused-ring (bicyclic) bond motifs is 1. The number of benzene rings is 1. The summed E-state index contributed by atoms with van der Waals surface area (Å²) in [6.45, 7) is 6.46. The summed E-state index contributed by atoms with van der Waals surface area (Å²) >= 11 is 0. The molecule has 1 fully saturated rings. The van der Waals surface area contributed by atoms with Gasteiger partial charge in [0.2, 0.25) is 6.79 Å². The number of rotatable bonds is 5. The van der Waals surface area contributed by atoms with Gasteiger partial charge in [-0.1, -0.05) is 13.0 Å². The van der Waals surface area contributed by atoms with Crippen LogP contribution in [0.25, 0.3) is 0 Å². The second-order valence-electron chi connectivity index (χ2n) is 5.50. The van der Waals surface area contributed by atoms with Gasteiger partial charge in [0, 0.05) is 19.7 Å². The first-order chi connectivity index (χ1) is 9.85. The fourth-order valence-corrected chi connectivity index (χ4v) is 2.84. The molecule has 0 N–H and O–H groups in total. The number of ether oxygens (including phenoxy) is 3. The van der Waals surface area contributed by atoms with E-state index in [1.165, 1.54) is 24.8 Å². The third kappa shape index (κ3) is 3.25. The summed E-state index contributed by atoms with van der Waals surface area (Å²) in [7, 11) is 0. The van der Waals surface area contributed by atoms with Crippen LogP contribution in [0.15, 0.2) is 18.2 Å². The molecular formula is C16H23NO3. The Morgan fingerprint density at radius 1 is 1.20 bits per heavy atom. The molecule has 0 aliphatic carbocycles. The zero-order chi connectivity index (χ0) is 13.8. The van der Waals surface area contributed by atoms with E-state index >= 15 is 0 Å². The van der Waals surface area contributed by atoms with E-state index in [1.807, 2.05) is 6.07 Å². The van der Waals surface area contributed by atoms with Gasteiger partial charge in [-0.2, -0.15) is 0 Å². The molecule has 0 aromatic heterocycles. The number of likely N-dealkylation sites (N-methyl/N-ethyl adjacent to an activating group) is 1. The van der Waals surface area contributed by atoms with Crippen LogP contribution in [-0.2, 0) is 11.3 Å². The molecule has 2 heterocycles. The Morgan fingerprint density at radius 3 is 2.90 bits per heavy atom. The Balaban J connectivity index is 1.59. The Morgan fingerprint density at radius 2 is 2.10 bits per heavy atom. The number of nitrogens with zero attached hydrogens (tertiary/aromatic N) is 1. The molecule has 0 spiro atoms. The number of hydrogen-bond donors (Lipinski definition) is 0. The van der Waals surface area contributed by atoms with Crippen LogP contribution in [0.4, 0.5) is 0 Å². The maximum absolute atomic E-state index is 5.84. The largest absolute Gasteiger partial charge is 0.454 e. The summed E-state index contributed by atoms with van der Waals surface area (Å²) in [6, 6.07) is 6.22. The molecule has 3 rings (SSSR count). The highest BCUT2D eigenvalue weighted by molar-refractivity contribution is 5.44. The van der Waals surface area contributed by atoms with Crippen LogP contribution in [-0.4, -0.2) is 37.5 Å². The Hall–Kier alpha value is -1.26. The molecule has 110 valence electrons. The summed E-state index contributed by atoms with van der Waals surface area (Å²) < 4.78 is 16.6. The fraction of sp³-hybridized carbons (Fsp3) is 0.625. The van der Waals surface area contributed by atoms with Gasteiger partial charge >= 0.3 is 0 Å². The molecule has 2 aliphatic rings. The summed E-state index contributed by atoms with van der Waals surface area (Å²) in [5.41, 5.74) is 1.27. The lowest BCUT2D eigenvalue weighted by molar-refractivity contribution is -0.00624. The van der Waals surface area contributed by atoms with Gasteiger partial charge in [0.05, 0.1) is 6.10 Å². The monoisotopic (exact) mass is 277 g/mol. The molecule has 1 aromatic carbocycles. The lowest BCUT2D eigenvalue weighted by Gasteiger charge is -2.29. The zero-order valence-electron chi connectivity index (χ0n) is 12.1. The number of hydrogen-bond acceptors (Lipinski definition) is 4. The van der Waals surface area contributed by atoms with Crippen molar-refractivity contribution >= 4 is 0 Å². The van der Waals surface area contributed by atoms with E-state index in [0.29, 0.717) is 12.9 Å². The summed E-state index contributed by atoms with van der Waals surface area (Å²) in [5.74, 6) is 1.72. The summed E-state index contributed by atoms with van der Waals surface area (Å²) in [5, 5.41) is 0. The minimum Gasteiger partial charge on any atom is -0.454 e. The van der Waals surface area contributed by atoms with E-state index in [2.05, 4.69) is 24.0 Å². The minimum atomic E-state index is 0.339. The van der Waals surface area contributed by atoms with Crippen molar-refractivity contribution in [1.82, 2.24) is 4.90 Å². The Bertz CT molecular complexity index is 443. The van der Waals surface area contributed by atoms with Crippen molar-refractivity contribution in [3.8, 4) is 11.5 Å². The maximum atomic E-state index is 5.84. The maximum Gasteiger partial charge on any atom is 0.231 e. The van der Waals surface area contributed by atoms with Crippen LogP contribution >= 0.6 is 0 Å². The molecule has 1 saturated heterocycles. The SMILES string of the molecule is CCN(Cc1ccc2c(c1)OCO2)CC1CCCCO1. The van der Waals surface area contributed by atoms with Crippen molar-refractivity contribution < 1.29 is 14.2 Å². The third-order valence-corrected chi connectivity index (χ3v) is 4.03. The predicted molar refractivity (Wildman–Crippen MR) is 77.1 cm³/mol. The first-order valence-electron chi connectivity index (χ1n) is 7.57. The first-order valence-corrected chi connectivity index (χ1v) is 7.57. The van der Waals surface area contributed by atoms with Gasteiger partial charge in [-0.15, -0.1) is 0 Å². The van der Waals surface area contributed by atoms with E-state index in [1.54, 1.807) is 0 Å². The van der Waals surface area contributed by atoms with Gasteiger partial charge in [0.25, 0.3) is 0 Å². The molecule has 1 unspecified atom stereocenters. The highest BCUT2D eigenvalue weighted by Gasteiger charge is 2.18. The minimum absolute atomic E-state index is 0.339. The van der Waals surface area contributed by atoms with Crippen LogP contribution < -0.4 is 9.47 Å². The summed E-state index contributed by atoms with van der Waals surface area (Å²) in [4.78, 5) is 2.44. The van der Waals surface area contributed by atoms with Crippen LogP contribution in [0, 0.1) is 0 Å². The van der Waals surface area contributed by atoms with Crippen molar-refractivity contribution in [3.63, 3.8) is 0 Å². The third-order valence-electron chi connectivity index (χ3n) is 4.03. The van der Waals surface area contributed by atoms with Gasteiger partial charge in [-0.25, -0.2) is 0 Å². The molecule has 1 aromatic rings. The average molecular weight is 277 g/mol. The molecule has 4 heteroatoms. The molecule has 1 atom stereocenters. The van der Waals surface area contributed by atoms with Crippen LogP contribution in [0.3, 0.4) is 0 Å². The predicted octanol–water partition coefficient (Wildman–Crippen LogP) is 2.81. The average Bonchev–Trinajstić information content (AvgIpc) is 2.95. The van der Waals surface area contributed by atoms with Crippen LogP contribution in [0.1, 0.15) is 31.7 Å².